The third kappa shape index (κ3) is 2.82. The summed E-state index contributed by atoms with van der Waals surface area (Å²) < 4.78 is 0. The van der Waals surface area contributed by atoms with E-state index in [9.17, 15) is 4.79 Å². The highest BCUT2D eigenvalue weighted by atomic mass is 32.1. The summed E-state index contributed by atoms with van der Waals surface area (Å²) in [5, 5.41) is 0. The van der Waals surface area contributed by atoms with Gasteiger partial charge in [-0.15, -0.1) is 11.3 Å². The van der Waals surface area contributed by atoms with Crippen LogP contribution in [0.25, 0.3) is 0 Å². The van der Waals surface area contributed by atoms with E-state index in [1.54, 1.807) is 11.3 Å². The van der Waals surface area contributed by atoms with Gasteiger partial charge in [0.1, 0.15) is 6.29 Å². The molecule has 2 heteroatoms. The van der Waals surface area contributed by atoms with Gasteiger partial charge < -0.3 is 4.79 Å². The lowest BCUT2D eigenvalue weighted by Crippen LogP contribution is -1.76. The largest absolute Gasteiger partial charge is 0.303 e. The van der Waals surface area contributed by atoms with Gasteiger partial charge in [-0.1, -0.05) is 30.0 Å². The van der Waals surface area contributed by atoms with Crippen molar-refractivity contribution in [3.63, 3.8) is 0 Å². The van der Waals surface area contributed by atoms with Crippen molar-refractivity contribution in [3.8, 4) is 11.8 Å². The van der Waals surface area contributed by atoms with E-state index >= 15 is 0 Å². The van der Waals surface area contributed by atoms with Gasteiger partial charge in [-0.2, -0.15) is 0 Å². The summed E-state index contributed by atoms with van der Waals surface area (Å²) in [4.78, 5) is 12.4. The minimum absolute atomic E-state index is 0.484. The summed E-state index contributed by atoms with van der Waals surface area (Å²) in [5.41, 5.74) is 1.01. The first-order valence-electron chi connectivity index (χ1n) is 4.98. The van der Waals surface area contributed by atoms with E-state index in [1.165, 1.54) is 0 Å². The van der Waals surface area contributed by atoms with Gasteiger partial charge in [-0.05, 0) is 24.3 Å². The fourth-order valence-electron chi connectivity index (χ4n) is 1.29. The second kappa shape index (κ2) is 5.29. The molecule has 0 radical (unpaired) electrons. The van der Waals surface area contributed by atoms with Crippen LogP contribution in [0.1, 0.15) is 15.3 Å². The Labute approximate surface area is 98.7 Å². The van der Waals surface area contributed by atoms with Crippen LogP contribution >= 0.6 is 11.3 Å². The Hall–Kier alpha value is -1.85. The van der Waals surface area contributed by atoms with Crippen molar-refractivity contribution in [1.29, 1.82) is 0 Å². The number of rotatable bonds is 2. The third-order valence-electron chi connectivity index (χ3n) is 2.05. The van der Waals surface area contributed by atoms with Gasteiger partial charge in [-0.3, -0.25) is 0 Å². The minimum atomic E-state index is 0.484. The summed E-state index contributed by atoms with van der Waals surface area (Å²) >= 11 is 1.57. The highest BCUT2D eigenvalue weighted by molar-refractivity contribution is 7.12. The first kappa shape index (κ1) is 10.7. The van der Waals surface area contributed by atoms with Crippen LogP contribution < -0.4 is 0 Å². The first-order valence-corrected chi connectivity index (χ1v) is 5.79. The fraction of sp³-hybridized carbons (Fsp3) is 0.0714. The van der Waals surface area contributed by atoms with Gasteiger partial charge in [0.25, 0.3) is 0 Å². The number of carbonyl (C=O) groups is 1. The van der Waals surface area contributed by atoms with Gasteiger partial charge in [0.05, 0.1) is 4.88 Å². The van der Waals surface area contributed by atoms with Crippen LogP contribution in [0.15, 0.2) is 42.5 Å². The first-order chi connectivity index (χ1) is 7.88. The molecule has 0 saturated carbocycles. The van der Waals surface area contributed by atoms with Crippen molar-refractivity contribution < 1.29 is 4.79 Å². The summed E-state index contributed by atoms with van der Waals surface area (Å²) in [5.74, 6) is 6.18. The predicted octanol–water partition coefficient (Wildman–Crippen LogP) is 2.89. The van der Waals surface area contributed by atoms with Crippen molar-refractivity contribution in [2.24, 2.45) is 0 Å². The van der Waals surface area contributed by atoms with E-state index in [0.717, 1.165) is 21.6 Å². The number of carbonyl (C=O) groups excluding carboxylic acids is 1. The quantitative estimate of drug-likeness (QED) is 0.568. The molecule has 2 rings (SSSR count). The highest BCUT2D eigenvalue weighted by Gasteiger charge is 1.95. The van der Waals surface area contributed by atoms with E-state index in [4.69, 9.17) is 0 Å². The SMILES string of the molecule is O=CCc1ccc(C#Cc2ccccc2)s1. The molecule has 0 aliphatic carbocycles. The second-order valence-corrected chi connectivity index (χ2v) is 4.42. The molecule has 0 bridgehead atoms. The summed E-state index contributed by atoms with van der Waals surface area (Å²) in [6, 6.07) is 13.8. The van der Waals surface area contributed by atoms with Gasteiger partial charge in [0.2, 0.25) is 0 Å². The Morgan fingerprint density at radius 1 is 1.06 bits per heavy atom. The highest BCUT2D eigenvalue weighted by Crippen LogP contribution is 2.15. The average molecular weight is 226 g/mol. The molecule has 1 heterocycles. The van der Waals surface area contributed by atoms with Crippen molar-refractivity contribution in [3.05, 3.63) is 57.8 Å². The molecule has 0 fully saturated rings. The Morgan fingerprint density at radius 3 is 2.62 bits per heavy atom. The molecule has 0 unspecified atom stereocenters. The van der Waals surface area contributed by atoms with Crippen LogP contribution in [0.3, 0.4) is 0 Å². The molecular formula is C14H10OS. The Morgan fingerprint density at radius 2 is 1.88 bits per heavy atom. The number of thiophene rings is 1. The van der Waals surface area contributed by atoms with E-state index in [0.29, 0.717) is 6.42 Å². The van der Waals surface area contributed by atoms with E-state index in [-0.39, 0.29) is 0 Å². The van der Waals surface area contributed by atoms with Crippen LogP contribution in [0.2, 0.25) is 0 Å². The molecule has 0 amide bonds. The zero-order valence-electron chi connectivity index (χ0n) is 8.64. The zero-order valence-corrected chi connectivity index (χ0v) is 9.46. The topological polar surface area (TPSA) is 17.1 Å². The molecule has 0 aliphatic heterocycles. The normalized spacial score (nSPS) is 9.25. The predicted molar refractivity (Wildman–Crippen MR) is 66.5 cm³/mol. The smallest absolute Gasteiger partial charge is 0.125 e. The second-order valence-electron chi connectivity index (χ2n) is 3.25. The Balaban J connectivity index is 2.15. The van der Waals surface area contributed by atoms with Crippen molar-refractivity contribution in [2.45, 2.75) is 6.42 Å². The van der Waals surface area contributed by atoms with Crippen molar-refractivity contribution >= 4 is 17.6 Å². The average Bonchev–Trinajstić information content (AvgIpc) is 2.76. The van der Waals surface area contributed by atoms with Crippen LogP contribution in [-0.4, -0.2) is 6.29 Å². The molecule has 1 aromatic heterocycles. The molecule has 0 saturated heterocycles. The minimum Gasteiger partial charge on any atom is -0.303 e. The molecule has 0 spiro atoms. The van der Waals surface area contributed by atoms with Gasteiger partial charge in [0, 0.05) is 16.9 Å². The molecule has 0 N–H and O–H groups in total. The molecular weight excluding hydrogens is 216 g/mol. The summed E-state index contributed by atoms with van der Waals surface area (Å²) in [7, 11) is 0. The Bertz CT molecular complexity index is 529. The van der Waals surface area contributed by atoms with E-state index in [2.05, 4.69) is 11.8 Å². The lowest BCUT2D eigenvalue weighted by molar-refractivity contribution is -0.107. The maximum Gasteiger partial charge on any atom is 0.125 e. The van der Waals surface area contributed by atoms with Gasteiger partial charge in [0.15, 0.2) is 0 Å². The third-order valence-corrected chi connectivity index (χ3v) is 3.07. The van der Waals surface area contributed by atoms with Crippen molar-refractivity contribution in [2.75, 3.05) is 0 Å². The standard InChI is InChI=1S/C14H10OS/c15-11-10-14-9-8-13(16-14)7-6-12-4-2-1-3-5-12/h1-5,8-9,11H,10H2. The monoisotopic (exact) mass is 226 g/mol. The molecule has 1 aromatic carbocycles. The van der Waals surface area contributed by atoms with Crippen LogP contribution in [-0.2, 0) is 11.2 Å². The Kier molecular flexibility index (Phi) is 3.53. The van der Waals surface area contributed by atoms with Crippen molar-refractivity contribution in [1.82, 2.24) is 0 Å². The van der Waals surface area contributed by atoms with Crippen LogP contribution in [0.4, 0.5) is 0 Å². The van der Waals surface area contributed by atoms with Crippen LogP contribution in [0.5, 0.6) is 0 Å². The number of hydrogen-bond donors (Lipinski definition) is 0. The number of benzene rings is 1. The molecule has 78 valence electrons. The maximum atomic E-state index is 10.3. The zero-order chi connectivity index (χ0) is 11.2. The maximum absolute atomic E-state index is 10.3. The lowest BCUT2D eigenvalue weighted by Gasteiger charge is -1.85. The van der Waals surface area contributed by atoms with E-state index < -0.39 is 0 Å². The molecule has 0 aliphatic rings. The molecule has 0 atom stereocenters. The van der Waals surface area contributed by atoms with Crippen LogP contribution in [0, 0.1) is 11.8 Å². The summed E-state index contributed by atoms with van der Waals surface area (Å²) in [6.45, 7) is 0. The van der Waals surface area contributed by atoms with Gasteiger partial charge >= 0.3 is 0 Å². The van der Waals surface area contributed by atoms with Gasteiger partial charge in [-0.25, -0.2) is 0 Å². The fourth-order valence-corrected chi connectivity index (χ4v) is 2.10. The summed E-state index contributed by atoms with van der Waals surface area (Å²) in [6.07, 6.45) is 1.40. The molecule has 16 heavy (non-hydrogen) atoms. The molecule has 2 aromatic rings. The molecule has 1 nitrogen and oxygen atoms in total. The lowest BCUT2D eigenvalue weighted by atomic mass is 10.2. The van der Waals surface area contributed by atoms with E-state index in [1.807, 2.05) is 42.5 Å². The number of hydrogen-bond acceptors (Lipinski definition) is 2. The number of aldehydes is 1.